The van der Waals surface area contributed by atoms with Crippen LogP contribution in [0.2, 0.25) is 5.02 Å². The minimum atomic E-state index is -0.351. The average molecular weight is 391 g/mol. The van der Waals surface area contributed by atoms with E-state index in [1.807, 2.05) is 0 Å². The molecule has 1 aromatic carbocycles. The van der Waals surface area contributed by atoms with Crippen molar-refractivity contribution in [2.45, 2.75) is 0 Å². The van der Waals surface area contributed by atoms with Gasteiger partial charge in [-0.3, -0.25) is 18.7 Å². The first-order chi connectivity index (χ1) is 13.6. The molecule has 0 radical (unpaired) electrons. The number of halogens is 1. The molecular weight excluding hydrogens is 380 g/mol. The molecule has 4 heterocycles. The van der Waals surface area contributed by atoms with Crippen LogP contribution in [0.1, 0.15) is 0 Å². The fraction of sp³-hybridized carbons (Fsp3) is 0. The molecule has 28 heavy (non-hydrogen) atoms. The van der Waals surface area contributed by atoms with Gasteiger partial charge in [-0.1, -0.05) is 23.7 Å². The molecule has 8 nitrogen and oxygen atoms in total. The second-order valence-corrected chi connectivity index (χ2v) is 6.50. The summed E-state index contributed by atoms with van der Waals surface area (Å²) in [5.41, 5.74) is 0.884. The summed E-state index contributed by atoms with van der Waals surface area (Å²) in [6.45, 7) is 0. The monoisotopic (exact) mass is 390 g/mol. The van der Waals surface area contributed by atoms with E-state index in [1.165, 1.54) is 15.5 Å². The van der Waals surface area contributed by atoms with Gasteiger partial charge < -0.3 is 0 Å². The van der Waals surface area contributed by atoms with Crippen LogP contribution >= 0.6 is 11.6 Å². The van der Waals surface area contributed by atoms with Crippen molar-refractivity contribution >= 4 is 33.4 Å². The third-order valence-electron chi connectivity index (χ3n) is 4.49. The second-order valence-electron chi connectivity index (χ2n) is 6.10. The van der Waals surface area contributed by atoms with Gasteiger partial charge in [0.25, 0.3) is 11.1 Å². The van der Waals surface area contributed by atoms with Crippen LogP contribution in [0.5, 0.6) is 0 Å². The Kier molecular flexibility index (Phi) is 3.59. The molecule has 0 aliphatic rings. The van der Waals surface area contributed by atoms with E-state index in [4.69, 9.17) is 11.6 Å². The van der Waals surface area contributed by atoms with Crippen LogP contribution in [0.4, 0.5) is 0 Å². The van der Waals surface area contributed by atoms with E-state index in [2.05, 4.69) is 20.2 Å². The second kappa shape index (κ2) is 6.14. The first kappa shape index (κ1) is 16.4. The number of H-pyrrole nitrogens is 1. The molecule has 0 saturated heterocycles. The Morgan fingerprint density at radius 2 is 1.57 bits per heavy atom. The van der Waals surface area contributed by atoms with E-state index in [1.54, 1.807) is 54.9 Å². The van der Waals surface area contributed by atoms with Crippen molar-refractivity contribution < 1.29 is 0 Å². The highest BCUT2D eigenvalue weighted by atomic mass is 35.5. The summed E-state index contributed by atoms with van der Waals surface area (Å²) in [5.74, 6) is 0.286. The maximum Gasteiger partial charge on any atom is 0.266 e. The Balaban J connectivity index is 1.82. The number of hydrogen-bond donors (Lipinski definition) is 1. The largest absolute Gasteiger partial charge is 0.282 e. The van der Waals surface area contributed by atoms with Gasteiger partial charge in [0.2, 0.25) is 5.95 Å². The minimum absolute atomic E-state index is 0.286. The van der Waals surface area contributed by atoms with Crippen molar-refractivity contribution in [3.05, 3.63) is 86.9 Å². The molecule has 0 aliphatic heterocycles. The number of hydrogen-bond acceptors (Lipinski definition) is 5. The third-order valence-corrected chi connectivity index (χ3v) is 4.80. The maximum absolute atomic E-state index is 13.1. The van der Waals surface area contributed by atoms with Crippen LogP contribution < -0.4 is 11.1 Å². The van der Waals surface area contributed by atoms with Crippen LogP contribution in [-0.4, -0.2) is 29.3 Å². The van der Waals surface area contributed by atoms with Crippen molar-refractivity contribution in [3.8, 4) is 11.6 Å². The van der Waals surface area contributed by atoms with Gasteiger partial charge >= 0.3 is 0 Å². The number of pyridine rings is 3. The minimum Gasteiger partial charge on any atom is -0.282 e. The number of para-hydroxylation sites is 1. The fourth-order valence-electron chi connectivity index (χ4n) is 3.14. The first-order valence-electron chi connectivity index (χ1n) is 8.32. The molecule has 5 rings (SSSR count). The molecule has 4 aromatic heterocycles. The number of aromatic nitrogens is 6. The summed E-state index contributed by atoms with van der Waals surface area (Å²) < 4.78 is 2.76. The molecule has 5 aromatic rings. The SMILES string of the molecule is O=c1c2cc3c(=O)n(-c4ccccc4Cl)ccc3nc2ccn1-c1ncn[nH]1. The lowest BCUT2D eigenvalue weighted by molar-refractivity contribution is 0.901. The third kappa shape index (κ3) is 2.43. The Hall–Kier alpha value is -3.78. The molecule has 0 amide bonds. The standard InChI is InChI=1S/C19H11ClN6O2/c20-13-3-1-2-4-16(13)25-7-5-14-11(17(25)27)9-12-15(23-14)6-8-26(18(12)28)19-21-10-22-24-19/h1-10H,(H,21,22,24). The molecule has 1 N–H and O–H groups in total. The van der Waals surface area contributed by atoms with Gasteiger partial charge in [0, 0.05) is 12.4 Å². The highest BCUT2D eigenvalue weighted by molar-refractivity contribution is 6.32. The van der Waals surface area contributed by atoms with Crippen LogP contribution in [-0.2, 0) is 0 Å². The highest BCUT2D eigenvalue weighted by Crippen LogP contribution is 2.20. The first-order valence-corrected chi connectivity index (χ1v) is 8.70. The number of nitrogens with zero attached hydrogens (tertiary/aromatic N) is 5. The maximum atomic E-state index is 13.1. The van der Waals surface area contributed by atoms with Crippen LogP contribution in [0.3, 0.4) is 0 Å². The lowest BCUT2D eigenvalue weighted by Gasteiger charge is -2.09. The van der Waals surface area contributed by atoms with Crippen molar-refractivity contribution in [1.82, 2.24) is 29.3 Å². The predicted molar refractivity (Wildman–Crippen MR) is 105 cm³/mol. The summed E-state index contributed by atoms with van der Waals surface area (Å²) in [6, 6.07) is 12.0. The lowest BCUT2D eigenvalue weighted by Crippen LogP contribution is -2.21. The van der Waals surface area contributed by atoms with Crippen LogP contribution in [0, 0.1) is 0 Å². The van der Waals surface area contributed by atoms with Gasteiger partial charge in [-0.25, -0.2) is 10.1 Å². The quantitative estimate of drug-likeness (QED) is 0.467. The molecule has 0 bridgehead atoms. The van der Waals surface area contributed by atoms with Gasteiger partial charge in [0.1, 0.15) is 6.33 Å². The van der Waals surface area contributed by atoms with Crippen LogP contribution in [0.25, 0.3) is 33.4 Å². The molecule has 9 heteroatoms. The summed E-state index contributed by atoms with van der Waals surface area (Å²) in [6.07, 6.45) is 4.50. The normalized spacial score (nSPS) is 11.3. The molecule has 136 valence electrons. The molecule has 0 saturated carbocycles. The smallest absolute Gasteiger partial charge is 0.266 e. The average Bonchev–Trinajstić information content (AvgIpc) is 3.23. The predicted octanol–water partition coefficient (Wildman–Crippen LogP) is 2.46. The zero-order valence-electron chi connectivity index (χ0n) is 14.2. The van der Waals surface area contributed by atoms with E-state index in [0.717, 1.165) is 0 Å². The topological polar surface area (TPSA) is 98.5 Å². The number of fused-ring (bicyclic) bond motifs is 2. The number of nitrogens with one attached hydrogen (secondary N) is 1. The number of aromatic amines is 1. The summed E-state index contributed by atoms with van der Waals surface area (Å²) in [5, 5.41) is 7.48. The summed E-state index contributed by atoms with van der Waals surface area (Å²) >= 11 is 6.24. The molecule has 0 fully saturated rings. The van der Waals surface area contributed by atoms with Gasteiger partial charge in [-0.05, 0) is 30.3 Å². The molecule has 0 unspecified atom stereocenters. The zero-order valence-corrected chi connectivity index (χ0v) is 15.0. The van der Waals surface area contributed by atoms with Gasteiger partial charge in [0.05, 0.1) is 32.5 Å². The van der Waals surface area contributed by atoms with Gasteiger partial charge in [0.15, 0.2) is 0 Å². The summed E-state index contributed by atoms with van der Waals surface area (Å²) in [7, 11) is 0. The van der Waals surface area contributed by atoms with E-state index in [9.17, 15) is 9.59 Å². The van der Waals surface area contributed by atoms with E-state index in [0.29, 0.717) is 32.5 Å². The van der Waals surface area contributed by atoms with E-state index < -0.39 is 0 Å². The van der Waals surface area contributed by atoms with Crippen LogP contribution in [0.15, 0.2) is 70.8 Å². The molecular formula is C19H11ClN6O2. The van der Waals surface area contributed by atoms with Crippen molar-refractivity contribution in [1.29, 1.82) is 0 Å². The number of rotatable bonds is 2. The Morgan fingerprint density at radius 3 is 2.25 bits per heavy atom. The van der Waals surface area contributed by atoms with Crippen molar-refractivity contribution in [2.24, 2.45) is 0 Å². The molecule has 0 aliphatic carbocycles. The lowest BCUT2D eigenvalue weighted by atomic mass is 10.2. The Morgan fingerprint density at radius 1 is 0.893 bits per heavy atom. The molecule has 0 atom stereocenters. The molecule has 0 spiro atoms. The van der Waals surface area contributed by atoms with Gasteiger partial charge in [-0.15, -0.1) is 0 Å². The van der Waals surface area contributed by atoms with Crippen molar-refractivity contribution in [3.63, 3.8) is 0 Å². The zero-order chi connectivity index (χ0) is 19.3. The highest BCUT2D eigenvalue weighted by Gasteiger charge is 2.13. The van der Waals surface area contributed by atoms with E-state index >= 15 is 0 Å². The van der Waals surface area contributed by atoms with E-state index in [-0.39, 0.29) is 17.1 Å². The summed E-state index contributed by atoms with van der Waals surface area (Å²) in [4.78, 5) is 34.4. The fourth-order valence-corrected chi connectivity index (χ4v) is 3.37. The Labute approximate surface area is 161 Å². The number of benzene rings is 1. The van der Waals surface area contributed by atoms with Crippen molar-refractivity contribution in [2.75, 3.05) is 0 Å². The Bertz CT molecular complexity index is 1470. The van der Waals surface area contributed by atoms with Gasteiger partial charge in [-0.2, -0.15) is 10.1 Å².